The van der Waals surface area contributed by atoms with Gasteiger partial charge in [-0.3, -0.25) is 0 Å². The zero-order valence-electron chi connectivity index (χ0n) is 2.31. The third kappa shape index (κ3) is 0.0460. The van der Waals surface area contributed by atoms with Crippen LogP contribution in [0.25, 0.3) is 0 Å². The highest BCUT2D eigenvalue weighted by Crippen LogP contribution is 1.98. The number of hydrogen-bond acceptors (Lipinski definition) is 0. The summed E-state index contributed by atoms with van der Waals surface area (Å²) in [6.07, 6.45) is 8.00. The minimum absolute atomic E-state index is 2.00. The summed E-state index contributed by atoms with van der Waals surface area (Å²) in [5.41, 5.74) is 0. The lowest BCUT2D eigenvalue weighted by atomic mass is 10.1. The van der Waals surface area contributed by atoms with Gasteiger partial charge in [-0.2, -0.15) is 0 Å². The highest BCUT2D eigenvalue weighted by atomic mass is 13.9. The van der Waals surface area contributed by atoms with Gasteiger partial charge in [0.05, 0.1) is 18.6 Å². The van der Waals surface area contributed by atoms with E-state index in [0.717, 1.165) is 0 Å². The van der Waals surface area contributed by atoms with Gasteiger partial charge in [0.2, 0.25) is 0 Å². The molecule has 0 nitrogen and oxygen atoms in total. The fourth-order valence-corrected chi connectivity index (χ4v) is 0.111. The van der Waals surface area contributed by atoms with Gasteiger partial charge in [-0.15, -0.1) is 0 Å². The van der Waals surface area contributed by atoms with Gasteiger partial charge in [-0.05, 0) is 0 Å². The van der Waals surface area contributed by atoms with Crippen LogP contribution < -0.4 is 0 Å². The van der Waals surface area contributed by atoms with Crippen LogP contribution in [0, 0.1) is 12.8 Å². The molecule has 0 atom stereocenters. The average molecular weight is 52.1 g/mol. The highest BCUT2D eigenvalue weighted by molar-refractivity contribution is 5.23. The second-order valence-corrected chi connectivity index (χ2v) is 0.770. The predicted molar refractivity (Wildman–Crippen MR) is 17.7 cm³/mol. The van der Waals surface area contributed by atoms with E-state index in [4.69, 9.17) is 0 Å². The first-order chi connectivity index (χ1) is 2.00. The van der Waals surface area contributed by atoms with E-state index in [0.29, 0.717) is 0 Å². The number of allylic oxidation sites excluding steroid dienone is 2. The van der Waals surface area contributed by atoms with Crippen molar-refractivity contribution < 1.29 is 0 Å². The normalized spacial score (nSPS) is 18.0. The summed E-state index contributed by atoms with van der Waals surface area (Å²) in [7, 11) is 0. The molecule has 0 amide bonds. The van der Waals surface area contributed by atoms with Gasteiger partial charge in [0.15, 0.2) is 6.42 Å². The third-order valence-corrected chi connectivity index (χ3v) is 0.444. The van der Waals surface area contributed by atoms with Crippen LogP contribution in [0.15, 0.2) is 12.2 Å². The first-order valence-electron chi connectivity index (χ1n) is 1.33. The smallest absolute Gasteiger partial charge is 0.0718 e. The molecule has 0 aromatic carbocycles. The quantitative estimate of drug-likeness (QED) is 0.360. The fourth-order valence-electron chi connectivity index (χ4n) is 0.111. The molecule has 1 aliphatic carbocycles. The lowest BCUT2D eigenvalue weighted by Crippen LogP contribution is -1.75. The van der Waals surface area contributed by atoms with Crippen LogP contribution in [0.5, 0.6) is 0 Å². The van der Waals surface area contributed by atoms with E-state index in [1.54, 1.807) is 0 Å². The zero-order chi connectivity index (χ0) is 2.83. The van der Waals surface area contributed by atoms with E-state index in [1.807, 2.05) is 25.0 Å². The van der Waals surface area contributed by atoms with Gasteiger partial charge in [-0.1, -0.05) is 0 Å². The van der Waals surface area contributed by atoms with Crippen molar-refractivity contribution >= 4 is 0 Å². The summed E-state index contributed by atoms with van der Waals surface area (Å²) >= 11 is 0. The first-order valence-corrected chi connectivity index (χ1v) is 1.33. The Bertz CT molecular complexity index is 29.3. The highest BCUT2D eigenvalue weighted by Gasteiger charge is 1.97. The molecular weight excluding hydrogens is 48.0 g/mol. The van der Waals surface area contributed by atoms with Crippen molar-refractivity contribution in [2.24, 2.45) is 0 Å². The Labute approximate surface area is 26.1 Å². The lowest BCUT2D eigenvalue weighted by molar-refractivity contribution is 1.49. The van der Waals surface area contributed by atoms with Crippen LogP contribution in [0.4, 0.5) is 0 Å². The van der Waals surface area contributed by atoms with Crippen molar-refractivity contribution in [2.75, 3.05) is 0 Å². The summed E-state index contributed by atoms with van der Waals surface area (Å²) < 4.78 is 0. The van der Waals surface area contributed by atoms with Gasteiger partial charge in [-0.25, -0.2) is 0 Å². The topological polar surface area (TPSA) is 0 Å². The molecule has 0 aliphatic heterocycles. The van der Waals surface area contributed by atoms with Crippen LogP contribution in [0.3, 0.4) is 0 Å². The zero-order valence-corrected chi connectivity index (χ0v) is 2.31. The van der Waals surface area contributed by atoms with Crippen LogP contribution in [-0.2, 0) is 0 Å². The van der Waals surface area contributed by atoms with E-state index in [2.05, 4.69) is 0 Å². The molecule has 0 N–H and O–H groups in total. The molecule has 0 unspecified atom stereocenters. The second kappa shape index (κ2) is 0.519. The van der Waals surface area contributed by atoms with Crippen molar-refractivity contribution in [3.05, 3.63) is 25.0 Å². The van der Waals surface area contributed by atoms with Gasteiger partial charge < -0.3 is 0 Å². The molecule has 1 rings (SSSR count). The van der Waals surface area contributed by atoms with Crippen molar-refractivity contribution in [2.45, 2.75) is 0 Å². The Morgan fingerprint density at radius 1 is 1.50 bits per heavy atom. The molecular formula is C4H4+. The molecule has 1 radical (unpaired) electrons. The molecule has 4 heavy (non-hydrogen) atoms. The molecule has 0 fully saturated rings. The Kier molecular flexibility index (Phi) is 0.245. The largest absolute Gasteiger partial charge is 0.170 e. The monoisotopic (exact) mass is 52.0 g/mol. The number of rotatable bonds is 0. The van der Waals surface area contributed by atoms with Crippen molar-refractivity contribution in [1.82, 2.24) is 0 Å². The summed E-state index contributed by atoms with van der Waals surface area (Å²) in [4.78, 5) is 0. The van der Waals surface area contributed by atoms with E-state index >= 15 is 0 Å². The molecule has 0 aromatic heterocycles. The second-order valence-electron chi connectivity index (χ2n) is 0.770. The standard InChI is InChI=1S/C4H4/c1-2-4-3-1/h1-4H/q+1. The van der Waals surface area contributed by atoms with Crippen LogP contribution in [0.2, 0.25) is 0 Å². The maximum Gasteiger partial charge on any atom is 0.170 e. The minimum atomic E-state index is 2.00. The van der Waals surface area contributed by atoms with Crippen LogP contribution in [0.1, 0.15) is 0 Å². The lowest BCUT2D eigenvalue weighted by Gasteiger charge is -1.76. The SMILES string of the molecule is [CH]1C=C[CH+]1. The van der Waals surface area contributed by atoms with Gasteiger partial charge in [0, 0.05) is 0 Å². The summed E-state index contributed by atoms with van der Waals surface area (Å²) in [5, 5.41) is 0. The third-order valence-electron chi connectivity index (χ3n) is 0.444. The van der Waals surface area contributed by atoms with Crippen molar-refractivity contribution in [1.29, 1.82) is 0 Å². The Morgan fingerprint density at radius 3 is 1.75 bits per heavy atom. The van der Waals surface area contributed by atoms with Gasteiger partial charge in [0.25, 0.3) is 0 Å². The van der Waals surface area contributed by atoms with E-state index < -0.39 is 0 Å². The molecule has 0 heteroatoms. The molecule has 0 heterocycles. The van der Waals surface area contributed by atoms with Crippen molar-refractivity contribution in [3.63, 3.8) is 0 Å². The Balaban J connectivity index is 2.47. The maximum absolute atomic E-state index is 2.00. The Morgan fingerprint density at radius 2 is 1.75 bits per heavy atom. The van der Waals surface area contributed by atoms with Gasteiger partial charge in [0.1, 0.15) is 0 Å². The predicted octanol–water partition coefficient (Wildman–Crippen LogP) is 0.965. The first kappa shape index (κ1) is 1.89. The maximum atomic E-state index is 2.00. The minimum Gasteiger partial charge on any atom is 0.0718 e. The molecule has 1 aliphatic rings. The molecule has 0 aromatic rings. The molecule has 0 saturated carbocycles. The summed E-state index contributed by atoms with van der Waals surface area (Å²) in [6.45, 7) is 0. The Hall–Kier alpha value is -0.390. The fraction of sp³-hybridized carbons (Fsp3) is 0. The number of hydrogen-bond donors (Lipinski definition) is 0. The molecule has 0 spiro atoms. The van der Waals surface area contributed by atoms with E-state index in [-0.39, 0.29) is 0 Å². The van der Waals surface area contributed by atoms with Gasteiger partial charge >= 0.3 is 0 Å². The average Bonchev–Trinajstić information content (AvgIpc) is 0.722. The molecule has 0 saturated heterocycles. The van der Waals surface area contributed by atoms with Crippen LogP contribution in [-0.4, -0.2) is 0 Å². The summed E-state index contributed by atoms with van der Waals surface area (Å²) in [6, 6.07) is 0. The van der Waals surface area contributed by atoms with Crippen molar-refractivity contribution in [3.8, 4) is 0 Å². The molecule has 0 bridgehead atoms. The molecule has 19 valence electrons. The van der Waals surface area contributed by atoms with Crippen LogP contribution >= 0.6 is 0 Å². The van der Waals surface area contributed by atoms with E-state index in [9.17, 15) is 0 Å². The summed E-state index contributed by atoms with van der Waals surface area (Å²) in [5.74, 6) is 0. The van der Waals surface area contributed by atoms with E-state index in [1.165, 1.54) is 0 Å².